The molecule has 3 heteroatoms. The number of piperidine rings is 1. The third kappa shape index (κ3) is 4.37. The molecular formula is C18H30N2O. The van der Waals surface area contributed by atoms with Crippen LogP contribution in [0.25, 0.3) is 0 Å². The van der Waals surface area contributed by atoms with Crippen LogP contribution >= 0.6 is 0 Å². The highest BCUT2D eigenvalue weighted by atomic mass is 16.5. The Labute approximate surface area is 129 Å². The number of aryl methyl sites for hydroxylation is 1. The van der Waals surface area contributed by atoms with Gasteiger partial charge in [0.15, 0.2) is 0 Å². The summed E-state index contributed by atoms with van der Waals surface area (Å²) in [5.74, 6) is 1.69. The lowest BCUT2D eigenvalue weighted by atomic mass is 9.90. The number of ether oxygens (including phenoxy) is 1. The van der Waals surface area contributed by atoms with E-state index in [1.54, 1.807) is 7.11 Å². The first-order valence-corrected chi connectivity index (χ1v) is 8.27. The molecule has 1 aromatic rings. The molecule has 1 saturated heterocycles. The summed E-state index contributed by atoms with van der Waals surface area (Å²) in [6, 6.07) is 6.82. The second-order valence-corrected chi connectivity index (χ2v) is 6.32. The summed E-state index contributed by atoms with van der Waals surface area (Å²) >= 11 is 0. The summed E-state index contributed by atoms with van der Waals surface area (Å²) in [4.78, 5) is 2.59. The van der Waals surface area contributed by atoms with E-state index in [0.29, 0.717) is 6.04 Å². The number of nitrogens with zero attached hydrogens (tertiary/aromatic N) is 1. The SMILES string of the molecule is CCCN1CCC(C(C)Nc2cc(C)ccc2OC)CC1. The Kier molecular flexibility index (Phi) is 5.92. The number of methoxy groups -OCH3 is 1. The lowest BCUT2D eigenvalue weighted by Gasteiger charge is -2.35. The molecule has 21 heavy (non-hydrogen) atoms. The van der Waals surface area contributed by atoms with Crippen LogP contribution < -0.4 is 10.1 Å². The van der Waals surface area contributed by atoms with Gasteiger partial charge in [-0.15, -0.1) is 0 Å². The van der Waals surface area contributed by atoms with Gasteiger partial charge >= 0.3 is 0 Å². The van der Waals surface area contributed by atoms with E-state index in [0.717, 1.165) is 17.4 Å². The first-order chi connectivity index (χ1) is 10.1. The van der Waals surface area contributed by atoms with Gasteiger partial charge in [-0.2, -0.15) is 0 Å². The van der Waals surface area contributed by atoms with E-state index in [2.05, 4.69) is 43.1 Å². The van der Waals surface area contributed by atoms with Crippen LogP contribution in [0.2, 0.25) is 0 Å². The summed E-state index contributed by atoms with van der Waals surface area (Å²) in [6.45, 7) is 10.4. The largest absolute Gasteiger partial charge is 0.495 e. The van der Waals surface area contributed by atoms with Crippen LogP contribution in [0.1, 0.15) is 38.7 Å². The van der Waals surface area contributed by atoms with Crippen molar-refractivity contribution in [2.24, 2.45) is 5.92 Å². The van der Waals surface area contributed by atoms with E-state index in [9.17, 15) is 0 Å². The maximum absolute atomic E-state index is 5.47. The molecule has 0 bridgehead atoms. The van der Waals surface area contributed by atoms with Crippen molar-refractivity contribution in [2.75, 3.05) is 32.1 Å². The fourth-order valence-electron chi connectivity index (χ4n) is 3.29. The van der Waals surface area contributed by atoms with Crippen LogP contribution in [-0.2, 0) is 0 Å². The van der Waals surface area contributed by atoms with Crippen LogP contribution in [0.4, 0.5) is 5.69 Å². The van der Waals surface area contributed by atoms with Crippen molar-refractivity contribution >= 4 is 5.69 Å². The monoisotopic (exact) mass is 290 g/mol. The number of benzene rings is 1. The Morgan fingerprint density at radius 3 is 2.67 bits per heavy atom. The van der Waals surface area contributed by atoms with E-state index >= 15 is 0 Å². The molecule has 1 fully saturated rings. The van der Waals surface area contributed by atoms with Crippen molar-refractivity contribution in [2.45, 2.75) is 46.1 Å². The van der Waals surface area contributed by atoms with E-state index in [-0.39, 0.29) is 0 Å². The molecular weight excluding hydrogens is 260 g/mol. The van der Waals surface area contributed by atoms with Crippen LogP contribution in [0.15, 0.2) is 18.2 Å². The van der Waals surface area contributed by atoms with Gasteiger partial charge < -0.3 is 15.0 Å². The predicted molar refractivity (Wildman–Crippen MR) is 90.3 cm³/mol. The van der Waals surface area contributed by atoms with Gasteiger partial charge in [0.05, 0.1) is 12.8 Å². The molecule has 0 amide bonds. The maximum Gasteiger partial charge on any atom is 0.141 e. The lowest BCUT2D eigenvalue weighted by molar-refractivity contribution is 0.176. The first kappa shape index (κ1) is 16.2. The number of rotatable bonds is 6. The van der Waals surface area contributed by atoms with E-state index in [4.69, 9.17) is 4.74 Å². The smallest absolute Gasteiger partial charge is 0.141 e. The van der Waals surface area contributed by atoms with Crippen molar-refractivity contribution in [1.82, 2.24) is 4.90 Å². The molecule has 3 nitrogen and oxygen atoms in total. The van der Waals surface area contributed by atoms with Crippen molar-refractivity contribution in [3.63, 3.8) is 0 Å². The molecule has 1 atom stereocenters. The number of hydrogen-bond acceptors (Lipinski definition) is 3. The number of likely N-dealkylation sites (tertiary alicyclic amines) is 1. The van der Waals surface area contributed by atoms with Gasteiger partial charge in [0, 0.05) is 6.04 Å². The number of nitrogens with one attached hydrogen (secondary N) is 1. The zero-order valence-electron chi connectivity index (χ0n) is 14.0. The second-order valence-electron chi connectivity index (χ2n) is 6.32. The van der Waals surface area contributed by atoms with Gasteiger partial charge in [-0.25, -0.2) is 0 Å². The van der Waals surface area contributed by atoms with Gasteiger partial charge in [0.1, 0.15) is 5.75 Å². The molecule has 1 aliphatic heterocycles. The van der Waals surface area contributed by atoms with E-state index < -0.39 is 0 Å². The number of anilines is 1. The molecule has 0 spiro atoms. The average Bonchev–Trinajstić information content (AvgIpc) is 2.48. The van der Waals surface area contributed by atoms with Gasteiger partial charge in [0.2, 0.25) is 0 Å². The molecule has 0 aromatic heterocycles. The molecule has 118 valence electrons. The highest BCUT2D eigenvalue weighted by molar-refractivity contribution is 5.58. The first-order valence-electron chi connectivity index (χ1n) is 8.27. The fourth-order valence-corrected chi connectivity index (χ4v) is 3.29. The summed E-state index contributed by atoms with van der Waals surface area (Å²) in [7, 11) is 1.74. The molecule has 2 rings (SSSR count). The van der Waals surface area contributed by atoms with Gasteiger partial charge in [-0.05, 0) is 76.4 Å². The maximum atomic E-state index is 5.47. The second kappa shape index (κ2) is 7.69. The normalized spacial score (nSPS) is 18.5. The predicted octanol–water partition coefficient (Wildman–Crippen LogP) is 3.93. The van der Waals surface area contributed by atoms with Crippen LogP contribution in [-0.4, -0.2) is 37.7 Å². The Balaban J connectivity index is 1.93. The third-order valence-corrected chi connectivity index (χ3v) is 4.62. The molecule has 1 aromatic carbocycles. The Morgan fingerprint density at radius 2 is 2.05 bits per heavy atom. The van der Waals surface area contributed by atoms with Crippen LogP contribution in [0, 0.1) is 12.8 Å². The van der Waals surface area contributed by atoms with Crippen molar-refractivity contribution in [3.05, 3.63) is 23.8 Å². The minimum atomic E-state index is 0.490. The zero-order valence-corrected chi connectivity index (χ0v) is 14.0. The van der Waals surface area contributed by atoms with Crippen LogP contribution in [0.5, 0.6) is 5.75 Å². The molecule has 1 heterocycles. The highest BCUT2D eigenvalue weighted by Gasteiger charge is 2.23. The topological polar surface area (TPSA) is 24.5 Å². The number of hydrogen-bond donors (Lipinski definition) is 1. The highest BCUT2D eigenvalue weighted by Crippen LogP contribution is 2.29. The summed E-state index contributed by atoms with van der Waals surface area (Å²) in [5, 5.41) is 3.68. The van der Waals surface area contributed by atoms with Gasteiger partial charge in [0.25, 0.3) is 0 Å². The minimum absolute atomic E-state index is 0.490. The van der Waals surface area contributed by atoms with E-state index in [1.165, 1.54) is 44.5 Å². The Morgan fingerprint density at radius 1 is 1.33 bits per heavy atom. The Hall–Kier alpha value is -1.22. The fraction of sp³-hybridized carbons (Fsp3) is 0.667. The molecule has 0 saturated carbocycles. The molecule has 0 aliphatic carbocycles. The average molecular weight is 290 g/mol. The summed E-state index contributed by atoms with van der Waals surface area (Å²) in [5.41, 5.74) is 2.39. The lowest BCUT2D eigenvalue weighted by Crippen LogP contribution is -2.39. The van der Waals surface area contributed by atoms with Crippen molar-refractivity contribution in [1.29, 1.82) is 0 Å². The summed E-state index contributed by atoms with van der Waals surface area (Å²) in [6.07, 6.45) is 3.85. The third-order valence-electron chi connectivity index (χ3n) is 4.62. The van der Waals surface area contributed by atoms with Crippen LogP contribution in [0.3, 0.4) is 0 Å². The quantitative estimate of drug-likeness (QED) is 0.859. The van der Waals surface area contributed by atoms with Gasteiger partial charge in [-0.3, -0.25) is 0 Å². The molecule has 1 unspecified atom stereocenters. The summed E-state index contributed by atoms with van der Waals surface area (Å²) < 4.78 is 5.47. The molecule has 0 radical (unpaired) electrons. The standard InChI is InChI=1S/C18H30N2O/c1-5-10-20-11-8-16(9-12-20)15(3)19-17-13-14(2)6-7-18(17)21-4/h6-7,13,15-16,19H,5,8-12H2,1-4H3. The molecule has 1 aliphatic rings. The minimum Gasteiger partial charge on any atom is -0.495 e. The van der Waals surface area contributed by atoms with Crippen molar-refractivity contribution in [3.8, 4) is 5.75 Å². The zero-order chi connectivity index (χ0) is 15.2. The Bertz CT molecular complexity index is 439. The molecule has 1 N–H and O–H groups in total. The van der Waals surface area contributed by atoms with Crippen molar-refractivity contribution < 1.29 is 4.74 Å². The van der Waals surface area contributed by atoms with E-state index in [1.807, 2.05) is 6.07 Å². The van der Waals surface area contributed by atoms with Gasteiger partial charge in [-0.1, -0.05) is 13.0 Å².